The van der Waals surface area contributed by atoms with Gasteiger partial charge in [0, 0.05) is 14.6 Å². The lowest BCUT2D eigenvalue weighted by atomic mass is 10.1. The van der Waals surface area contributed by atoms with Crippen LogP contribution in [0.1, 0.15) is 31.8 Å². The van der Waals surface area contributed by atoms with Crippen molar-refractivity contribution in [2.45, 2.75) is 26.8 Å². The van der Waals surface area contributed by atoms with Crippen LogP contribution < -0.4 is 5.73 Å². The normalized spacial score (nSPS) is 13.1. The number of aryl methyl sites for hydroxylation is 3. The zero-order valence-electron chi connectivity index (χ0n) is 9.50. The van der Waals surface area contributed by atoms with Gasteiger partial charge in [-0.15, -0.1) is 22.7 Å². The number of thiophene rings is 2. The molecule has 1 unspecified atom stereocenters. The maximum absolute atomic E-state index is 6.28. The van der Waals surface area contributed by atoms with E-state index in [9.17, 15) is 0 Å². The maximum Gasteiger partial charge on any atom is 0.0757 e. The second kappa shape index (κ2) is 4.49. The third-order valence-corrected chi connectivity index (χ3v) is 5.60. The van der Waals surface area contributed by atoms with Gasteiger partial charge in [0.25, 0.3) is 0 Å². The Morgan fingerprint density at radius 3 is 2.31 bits per heavy atom. The summed E-state index contributed by atoms with van der Waals surface area (Å²) in [7, 11) is 0. The summed E-state index contributed by atoms with van der Waals surface area (Å²) in [6.07, 6.45) is 0. The van der Waals surface area contributed by atoms with Gasteiger partial charge < -0.3 is 5.73 Å². The molecule has 0 amide bonds. The summed E-state index contributed by atoms with van der Waals surface area (Å²) in [6, 6.07) is 2.10. The van der Waals surface area contributed by atoms with Crippen LogP contribution in [0.25, 0.3) is 0 Å². The molecule has 0 aliphatic heterocycles. The van der Waals surface area contributed by atoms with Crippen molar-refractivity contribution >= 4 is 34.3 Å². The molecule has 0 fully saturated rings. The topological polar surface area (TPSA) is 26.0 Å². The van der Waals surface area contributed by atoms with Gasteiger partial charge in [0.05, 0.1) is 11.1 Å². The molecule has 0 aliphatic carbocycles. The molecule has 16 heavy (non-hydrogen) atoms. The van der Waals surface area contributed by atoms with Crippen molar-refractivity contribution in [1.29, 1.82) is 0 Å². The van der Waals surface area contributed by atoms with Crippen molar-refractivity contribution in [3.8, 4) is 0 Å². The Morgan fingerprint density at radius 2 is 1.88 bits per heavy atom. The van der Waals surface area contributed by atoms with E-state index in [2.05, 4.69) is 25.3 Å². The zero-order valence-corrected chi connectivity index (χ0v) is 11.9. The molecular formula is C12H14ClNS2. The molecule has 2 heterocycles. The van der Waals surface area contributed by atoms with Gasteiger partial charge >= 0.3 is 0 Å². The largest absolute Gasteiger partial charge is 0.319 e. The third-order valence-electron chi connectivity index (χ3n) is 2.57. The van der Waals surface area contributed by atoms with Crippen LogP contribution in [0.4, 0.5) is 0 Å². The highest BCUT2D eigenvalue weighted by molar-refractivity contribution is 7.13. The smallest absolute Gasteiger partial charge is 0.0757 e. The summed E-state index contributed by atoms with van der Waals surface area (Å²) in [5, 5.41) is 2.88. The summed E-state index contributed by atoms with van der Waals surface area (Å²) in [5.41, 5.74) is 8.66. The molecule has 0 spiro atoms. The maximum atomic E-state index is 6.28. The van der Waals surface area contributed by atoms with Crippen LogP contribution in [0.15, 0.2) is 11.4 Å². The molecule has 86 valence electrons. The molecule has 0 aliphatic rings. The summed E-state index contributed by atoms with van der Waals surface area (Å²) in [4.78, 5) is 3.60. The lowest BCUT2D eigenvalue weighted by molar-refractivity contribution is 0.907. The Bertz CT molecular complexity index is 511. The first-order valence-corrected chi connectivity index (χ1v) is 7.14. The number of hydrogen-bond acceptors (Lipinski definition) is 3. The average Bonchev–Trinajstić information content (AvgIpc) is 2.71. The molecule has 0 saturated carbocycles. The van der Waals surface area contributed by atoms with Crippen LogP contribution in [0.2, 0.25) is 5.02 Å². The fourth-order valence-electron chi connectivity index (χ4n) is 1.75. The van der Waals surface area contributed by atoms with E-state index in [1.807, 2.05) is 6.92 Å². The zero-order chi connectivity index (χ0) is 11.9. The molecular weight excluding hydrogens is 258 g/mol. The van der Waals surface area contributed by atoms with Crippen LogP contribution in [-0.4, -0.2) is 0 Å². The molecule has 1 nitrogen and oxygen atoms in total. The van der Waals surface area contributed by atoms with Gasteiger partial charge in [-0.3, -0.25) is 0 Å². The number of halogens is 1. The van der Waals surface area contributed by atoms with Gasteiger partial charge in [-0.1, -0.05) is 11.6 Å². The Labute approximate surface area is 109 Å². The van der Waals surface area contributed by atoms with E-state index in [1.165, 1.54) is 15.3 Å². The van der Waals surface area contributed by atoms with Gasteiger partial charge in [-0.2, -0.15) is 0 Å². The van der Waals surface area contributed by atoms with E-state index < -0.39 is 0 Å². The van der Waals surface area contributed by atoms with Crippen molar-refractivity contribution < 1.29 is 0 Å². The lowest BCUT2D eigenvalue weighted by Gasteiger charge is -2.09. The van der Waals surface area contributed by atoms with E-state index in [0.29, 0.717) is 0 Å². The third kappa shape index (κ3) is 2.05. The molecule has 2 aromatic rings. The molecule has 2 rings (SSSR count). The second-order valence-electron chi connectivity index (χ2n) is 3.98. The first-order chi connectivity index (χ1) is 7.50. The molecule has 1 atom stereocenters. The number of nitrogens with two attached hydrogens (primary N) is 1. The van der Waals surface area contributed by atoms with Crippen LogP contribution in [-0.2, 0) is 0 Å². The number of hydrogen-bond donors (Lipinski definition) is 1. The average molecular weight is 272 g/mol. The van der Waals surface area contributed by atoms with Crippen LogP contribution >= 0.6 is 34.3 Å². The van der Waals surface area contributed by atoms with Gasteiger partial charge in [-0.05, 0) is 43.3 Å². The molecule has 4 heteroatoms. The van der Waals surface area contributed by atoms with Gasteiger partial charge in [-0.25, -0.2) is 0 Å². The summed E-state index contributed by atoms with van der Waals surface area (Å²) in [6.45, 7) is 6.23. The fraction of sp³-hybridized carbons (Fsp3) is 0.333. The van der Waals surface area contributed by atoms with E-state index >= 15 is 0 Å². The molecule has 0 bridgehead atoms. The van der Waals surface area contributed by atoms with Crippen molar-refractivity contribution in [2.75, 3.05) is 0 Å². The van der Waals surface area contributed by atoms with E-state index in [0.717, 1.165) is 15.5 Å². The molecule has 0 radical (unpaired) electrons. The molecule has 0 saturated heterocycles. The minimum absolute atomic E-state index is 0.0788. The SMILES string of the molecule is Cc1cc(C)c(C(N)c2scc(C)c2Cl)s1. The summed E-state index contributed by atoms with van der Waals surface area (Å²) in [5.74, 6) is 0. The summed E-state index contributed by atoms with van der Waals surface area (Å²) < 4.78 is 0. The molecule has 2 N–H and O–H groups in total. The Hall–Kier alpha value is -0.350. The van der Waals surface area contributed by atoms with Gasteiger partial charge in [0.1, 0.15) is 0 Å². The Balaban J connectivity index is 2.42. The molecule has 0 aromatic carbocycles. The predicted octanol–water partition coefficient (Wildman–Crippen LogP) is 4.44. The molecule has 2 aromatic heterocycles. The summed E-state index contributed by atoms with van der Waals surface area (Å²) >= 11 is 9.65. The highest BCUT2D eigenvalue weighted by Crippen LogP contribution is 2.38. The first kappa shape index (κ1) is 12.1. The fourth-order valence-corrected chi connectivity index (χ4v) is 4.19. The van der Waals surface area contributed by atoms with E-state index in [4.69, 9.17) is 17.3 Å². The minimum atomic E-state index is -0.0788. The second-order valence-corrected chi connectivity index (χ2v) is 6.56. The van der Waals surface area contributed by atoms with Crippen molar-refractivity contribution in [1.82, 2.24) is 0 Å². The highest BCUT2D eigenvalue weighted by Gasteiger charge is 2.19. The monoisotopic (exact) mass is 271 g/mol. The standard InChI is InChI=1S/C12H14ClNS2/c1-6-4-8(3)16-11(6)10(14)12-9(13)7(2)5-15-12/h4-5,10H,14H2,1-3H3. The Kier molecular flexibility index (Phi) is 3.40. The first-order valence-electron chi connectivity index (χ1n) is 5.06. The van der Waals surface area contributed by atoms with Crippen LogP contribution in [0.3, 0.4) is 0 Å². The Morgan fingerprint density at radius 1 is 1.19 bits per heavy atom. The minimum Gasteiger partial charge on any atom is -0.319 e. The van der Waals surface area contributed by atoms with Crippen molar-refractivity contribution in [3.63, 3.8) is 0 Å². The van der Waals surface area contributed by atoms with Gasteiger partial charge in [0.15, 0.2) is 0 Å². The number of rotatable bonds is 2. The van der Waals surface area contributed by atoms with Crippen LogP contribution in [0, 0.1) is 20.8 Å². The van der Waals surface area contributed by atoms with Crippen molar-refractivity contribution in [2.24, 2.45) is 5.73 Å². The van der Waals surface area contributed by atoms with Gasteiger partial charge in [0.2, 0.25) is 0 Å². The lowest BCUT2D eigenvalue weighted by Crippen LogP contribution is -2.10. The quantitative estimate of drug-likeness (QED) is 0.859. The predicted molar refractivity (Wildman–Crippen MR) is 73.9 cm³/mol. The van der Waals surface area contributed by atoms with E-state index in [1.54, 1.807) is 22.7 Å². The van der Waals surface area contributed by atoms with E-state index in [-0.39, 0.29) is 6.04 Å². The highest BCUT2D eigenvalue weighted by atomic mass is 35.5. The van der Waals surface area contributed by atoms with Crippen molar-refractivity contribution in [3.05, 3.63) is 42.2 Å². The van der Waals surface area contributed by atoms with Crippen LogP contribution in [0.5, 0.6) is 0 Å².